The molecule has 21 heavy (non-hydrogen) atoms. The number of hydrogen-bond acceptors (Lipinski definition) is 8. The number of ether oxygens (including phenoxy) is 1. The van der Waals surface area contributed by atoms with Gasteiger partial charge in [0.25, 0.3) is 11.1 Å². The monoisotopic (exact) mass is 320 g/mol. The molecule has 6 nitrogen and oxygen atoms in total. The number of thiazole rings is 1. The van der Waals surface area contributed by atoms with Crippen LogP contribution < -0.4 is 10.5 Å². The van der Waals surface area contributed by atoms with Gasteiger partial charge in [-0.1, -0.05) is 35.2 Å². The van der Waals surface area contributed by atoms with Crippen molar-refractivity contribution in [3.05, 3.63) is 36.0 Å². The number of aromatic nitrogens is 3. The van der Waals surface area contributed by atoms with E-state index in [1.54, 1.807) is 13.3 Å². The van der Waals surface area contributed by atoms with Gasteiger partial charge in [-0.3, -0.25) is 0 Å². The minimum Gasteiger partial charge on any atom is -0.497 e. The summed E-state index contributed by atoms with van der Waals surface area (Å²) < 4.78 is 10.7. The number of nitrogens with two attached hydrogens (primary N) is 1. The van der Waals surface area contributed by atoms with Crippen LogP contribution in [0.3, 0.4) is 0 Å². The van der Waals surface area contributed by atoms with Crippen molar-refractivity contribution in [1.29, 1.82) is 0 Å². The van der Waals surface area contributed by atoms with Crippen LogP contribution in [0.25, 0.3) is 10.8 Å². The van der Waals surface area contributed by atoms with Crippen molar-refractivity contribution in [3.8, 4) is 16.5 Å². The van der Waals surface area contributed by atoms with Crippen LogP contribution in [0.5, 0.6) is 5.75 Å². The Bertz CT molecular complexity index is 724. The Morgan fingerprint density at radius 1 is 1.29 bits per heavy atom. The molecule has 0 spiro atoms. The van der Waals surface area contributed by atoms with E-state index in [-0.39, 0.29) is 0 Å². The molecule has 0 radical (unpaired) electrons. The summed E-state index contributed by atoms with van der Waals surface area (Å²) in [5.41, 5.74) is 6.74. The smallest absolute Gasteiger partial charge is 0.277 e. The number of methoxy groups -OCH3 is 1. The van der Waals surface area contributed by atoms with Crippen molar-refractivity contribution in [2.24, 2.45) is 0 Å². The highest BCUT2D eigenvalue weighted by atomic mass is 32.2. The lowest BCUT2D eigenvalue weighted by atomic mass is 10.2. The maximum Gasteiger partial charge on any atom is 0.277 e. The van der Waals surface area contributed by atoms with Crippen molar-refractivity contribution in [2.75, 3.05) is 12.8 Å². The fraction of sp³-hybridized carbons (Fsp3) is 0.154. The molecule has 1 aromatic carbocycles. The molecule has 0 aliphatic carbocycles. The number of rotatable bonds is 5. The Hall–Kier alpha value is -2.06. The van der Waals surface area contributed by atoms with Gasteiger partial charge in [0.1, 0.15) is 10.6 Å². The number of hydrogen-bond donors (Lipinski definition) is 1. The van der Waals surface area contributed by atoms with Gasteiger partial charge in [0.2, 0.25) is 0 Å². The van der Waals surface area contributed by atoms with Gasteiger partial charge < -0.3 is 14.9 Å². The average molecular weight is 320 g/mol. The summed E-state index contributed by atoms with van der Waals surface area (Å²) in [7, 11) is 1.65. The fourth-order valence-electron chi connectivity index (χ4n) is 1.62. The van der Waals surface area contributed by atoms with Crippen molar-refractivity contribution < 1.29 is 9.15 Å². The lowest BCUT2D eigenvalue weighted by Gasteiger charge is -2.01. The van der Waals surface area contributed by atoms with Crippen molar-refractivity contribution in [1.82, 2.24) is 15.2 Å². The molecule has 2 aromatic heterocycles. The highest BCUT2D eigenvalue weighted by Crippen LogP contribution is 2.29. The van der Waals surface area contributed by atoms with Crippen LogP contribution in [0.2, 0.25) is 0 Å². The predicted octanol–water partition coefficient (Wildman–Crippen LogP) is 3.08. The summed E-state index contributed by atoms with van der Waals surface area (Å²) in [6, 6.07) is 7.87. The van der Waals surface area contributed by atoms with E-state index >= 15 is 0 Å². The fourth-order valence-corrected chi connectivity index (χ4v) is 2.95. The molecule has 3 rings (SSSR count). The maximum absolute atomic E-state index is 5.58. The second kappa shape index (κ2) is 6.15. The second-order valence-electron chi connectivity index (χ2n) is 4.07. The van der Waals surface area contributed by atoms with E-state index < -0.39 is 0 Å². The van der Waals surface area contributed by atoms with Gasteiger partial charge in [-0.25, -0.2) is 4.98 Å². The normalized spacial score (nSPS) is 10.7. The molecule has 2 heterocycles. The van der Waals surface area contributed by atoms with Crippen LogP contribution in [0.15, 0.2) is 40.1 Å². The Morgan fingerprint density at radius 2 is 2.10 bits per heavy atom. The Labute approximate surface area is 129 Å². The molecule has 0 aliphatic rings. The number of thioether (sulfide) groups is 1. The molecule has 0 unspecified atom stereocenters. The first-order valence-corrected chi connectivity index (χ1v) is 7.86. The molecule has 0 saturated carbocycles. The van der Waals surface area contributed by atoms with Gasteiger partial charge in [-0.05, 0) is 17.7 Å². The lowest BCUT2D eigenvalue weighted by Crippen LogP contribution is -1.84. The summed E-state index contributed by atoms with van der Waals surface area (Å²) in [5.74, 6) is 2.03. The quantitative estimate of drug-likeness (QED) is 0.723. The van der Waals surface area contributed by atoms with E-state index in [0.717, 1.165) is 21.9 Å². The third-order valence-corrected chi connectivity index (χ3v) is 4.37. The van der Waals surface area contributed by atoms with Crippen molar-refractivity contribution >= 4 is 28.2 Å². The molecule has 0 fully saturated rings. The third kappa shape index (κ3) is 3.34. The van der Waals surface area contributed by atoms with Crippen LogP contribution in [0.4, 0.5) is 5.13 Å². The molecule has 2 N–H and O–H groups in total. The number of nitrogen functional groups attached to an aromatic ring is 1. The minimum atomic E-state index is 0.446. The standard InChI is InChI=1S/C13H12N4O2S2/c1-18-9-4-2-8(3-5-9)7-20-13-17-16-11(19-13)10-6-15-12(14)21-10/h2-6H,7H2,1H3,(H2,14,15). The first-order chi connectivity index (χ1) is 10.2. The molecule has 0 atom stereocenters. The lowest BCUT2D eigenvalue weighted by molar-refractivity contribution is 0.414. The summed E-state index contributed by atoms with van der Waals surface area (Å²) in [4.78, 5) is 4.74. The molecule has 0 bridgehead atoms. The topological polar surface area (TPSA) is 87.1 Å². The van der Waals surface area contributed by atoms with E-state index in [9.17, 15) is 0 Å². The molecule has 0 saturated heterocycles. The zero-order valence-corrected chi connectivity index (χ0v) is 12.8. The van der Waals surface area contributed by atoms with E-state index in [4.69, 9.17) is 14.9 Å². The van der Waals surface area contributed by atoms with Gasteiger partial charge in [-0.2, -0.15) is 0 Å². The molecule has 8 heteroatoms. The van der Waals surface area contributed by atoms with Crippen LogP contribution in [0.1, 0.15) is 5.56 Å². The summed E-state index contributed by atoms with van der Waals surface area (Å²) in [6.07, 6.45) is 1.63. The van der Waals surface area contributed by atoms with Crippen LogP contribution in [-0.4, -0.2) is 22.3 Å². The Balaban J connectivity index is 1.64. The minimum absolute atomic E-state index is 0.446. The summed E-state index contributed by atoms with van der Waals surface area (Å²) in [6.45, 7) is 0. The van der Waals surface area contributed by atoms with E-state index in [0.29, 0.717) is 16.2 Å². The highest BCUT2D eigenvalue weighted by molar-refractivity contribution is 7.98. The summed E-state index contributed by atoms with van der Waals surface area (Å²) in [5, 5.41) is 9.01. The second-order valence-corrected chi connectivity index (χ2v) is 6.06. The van der Waals surface area contributed by atoms with Crippen LogP contribution in [0, 0.1) is 0 Å². The first kappa shape index (κ1) is 13.9. The summed E-state index contributed by atoms with van der Waals surface area (Å²) >= 11 is 2.80. The van der Waals surface area contributed by atoms with Crippen LogP contribution >= 0.6 is 23.1 Å². The molecular formula is C13H12N4O2S2. The Kier molecular flexibility index (Phi) is 4.07. The largest absolute Gasteiger partial charge is 0.497 e. The van der Waals surface area contributed by atoms with Crippen molar-refractivity contribution in [3.63, 3.8) is 0 Å². The molecule has 0 amide bonds. The maximum atomic E-state index is 5.58. The molecular weight excluding hydrogens is 308 g/mol. The van der Waals surface area contributed by atoms with Gasteiger partial charge in [0.05, 0.1) is 13.3 Å². The van der Waals surface area contributed by atoms with Crippen LogP contribution in [-0.2, 0) is 5.75 Å². The molecule has 108 valence electrons. The predicted molar refractivity (Wildman–Crippen MR) is 82.4 cm³/mol. The SMILES string of the molecule is COc1ccc(CSc2nnc(-c3cnc(N)s3)o2)cc1. The highest BCUT2D eigenvalue weighted by Gasteiger charge is 2.11. The third-order valence-electron chi connectivity index (χ3n) is 2.66. The Morgan fingerprint density at radius 3 is 2.76 bits per heavy atom. The number of anilines is 1. The van der Waals surface area contributed by atoms with Crippen molar-refractivity contribution in [2.45, 2.75) is 11.0 Å². The van der Waals surface area contributed by atoms with Gasteiger partial charge in [0.15, 0.2) is 5.13 Å². The zero-order valence-electron chi connectivity index (χ0n) is 11.1. The molecule has 3 aromatic rings. The number of benzene rings is 1. The number of nitrogens with zero attached hydrogens (tertiary/aromatic N) is 3. The average Bonchev–Trinajstić information content (AvgIpc) is 3.14. The van der Waals surface area contributed by atoms with E-state index in [1.165, 1.54) is 23.1 Å². The van der Waals surface area contributed by atoms with Gasteiger partial charge in [0, 0.05) is 5.75 Å². The van der Waals surface area contributed by atoms with E-state index in [1.807, 2.05) is 24.3 Å². The van der Waals surface area contributed by atoms with Gasteiger partial charge >= 0.3 is 0 Å². The first-order valence-electron chi connectivity index (χ1n) is 6.05. The van der Waals surface area contributed by atoms with E-state index in [2.05, 4.69) is 15.2 Å². The molecule has 0 aliphatic heterocycles. The zero-order chi connectivity index (χ0) is 14.7. The van der Waals surface area contributed by atoms with Gasteiger partial charge in [-0.15, -0.1) is 10.2 Å².